The molecule has 1 aliphatic rings. The number of rotatable bonds is 7. The first-order chi connectivity index (χ1) is 10.1. The zero-order chi connectivity index (χ0) is 15.1. The monoisotopic (exact) mass is 287 g/mol. The summed E-state index contributed by atoms with van der Waals surface area (Å²) in [6, 6.07) is 12.3. The van der Waals surface area contributed by atoms with Gasteiger partial charge < -0.3 is 5.32 Å². The third-order valence-corrected chi connectivity index (χ3v) is 4.94. The minimum Gasteiger partial charge on any atom is -0.307 e. The molecule has 1 saturated carbocycles. The van der Waals surface area contributed by atoms with Gasteiger partial charge >= 0.3 is 0 Å². The predicted molar refractivity (Wildman–Crippen MR) is 92.5 cm³/mol. The highest BCUT2D eigenvalue weighted by atomic mass is 15.0. The molecule has 0 saturated heterocycles. The molecule has 1 aliphatic carbocycles. The standard InChI is InChI=1S/C20H33N/c1-4-5-7-14-19(17-11-8-6-9-12-17)21-18-13-10-15-20(2,3)16-18/h6,8-9,11-12,18-19,21H,4-5,7,10,13-16H2,1-3H3. The molecule has 0 aliphatic heterocycles. The highest BCUT2D eigenvalue weighted by Crippen LogP contribution is 2.36. The molecule has 2 rings (SSSR count). The van der Waals surface area contributed by atoms with Crippen LogP contribution in [0.1, 0.15) is 83.7 Å². The quantitative estimate of drug-likeness (QED) is 0.619. The predicted octanol–water partition coefficient (Wildman–Crippen LogP) is 5.87. The van der Waals surface area contributed by atoms with E-state index < -0.39 is 0 Å². The molecule has 2 atom stereocenters. The highest BCUT2D eigenvalue weighted by Gasteiger charge is 2.29. The lowest BCUT2D eigenvalue weighted by atomic mass is 9.75. The second kappa shape index (κ2) is 7.98. The van der Waals surface area contributed by atoms with Crippen LogP contribution in [0.15, 0.2) is 30.3 Å². The van der Waals surface area contributed by atoms with Gasteiger partial charge in [0.05, 0.1) is 0 Å². The van der Waals surface area contributed by atoms with E-state index in [0.29, 0.717) is 17.5 Å². The molecule has 1 aromatic carbocycles. The van der Waals surface area contributed by atoms with Gasteiger partial charge in [0.1, 0.15) is 0 Å². The number of unbranched alkanes of at least 4 members (excludes halogenated alkanes) is 2. The van der Waals surface area contributed by atoms with Gasteiger partial charge in [0.15, 0.2) is 0 Å². The fraction of sp³-hybridized carbons (Fsp3) is 0.700. The second-order valence-corrected chi connectivity index (χ2v) is 7.58. The summed E-state index contributed by atoms with van der Waals surface area (Å²) >= 11 is 0. The van der Waals surface area contributed by atoms with Crippen molar-refractivity contribution >= 4 is 0 Å². The third-order valence-electron chi connectivity index (χ3n) is 4.94. The van der Waals surface area contributed by atoms with Gasteiger partial charge in [-0.05, 0) is 36.7 Å². The van der Waals surface area contributed by atoms with Crippen LogP contribution in [0.5, 0.6) is 0 Å². The molecule has 0 bridgehead atoms. The molecule has 0 spiro atoms. The Hall–Kier alpha value is -0.820. The molecule has 0 heterocycles. The van der Waals surface area contributed by atoms with Crippen LogP contribution in [0.3, 0.4) is 0 Å². The van der Waals surface area contributed by atoms with Crippen LogP contribution in [0.4, 0.5) is 0 Å². The number of nitrogens with one attached hydrogen (secondary N) is 1. The largest absolute Gasteiger partial charge is 0.307 e. The molecule has 1 aromatic rings. The Morgan fingerprint density at radius 3 is 2.62 bits per heavy atom. The van der Waals surface area contributed by atoms with Crippen LogP contribution in [-0.2, 0) is 0 Å². The zero-order valence-corrected chi connectivity index (χ0v) is 14.2. The van der Waals surface area contributed by atoms with Crippen molar-refractivity contribution in [1.82, 2.24) is 5.32 Å². The summed E-state index contributed by atoms with van der Waals surface area (Å²) in [6.07, 6.45) is 10.7. The Labute approximate surface area is 131 Å². The Bertz CT molecular complexity index is 396. The summed E-state index contributed by atoms with van der Waals surface area (Å²) < 4.78 is 0. The summed E-state index contributed by atoms with van der Waals surface area (Å²) in [5.41, 5.74) is 1.98. The van der Waals surface area contributed by atoms with Crippen LogP contribution in [0, 0.1) is 5.41 Å². The summed E-state index contributed by atoms with van der Waals surface area (Å²) in [5.74, 6) is 0. The Morgan fingerprint density at radius 1 is 1.19 bits per heavy atom. The van der Waals surface area contributed by atoms with Crippen molar-refractivity contribution in [2.24, 2.45) is 5.41 Å². The number of benzene rings is 1. The van der Waals surface area contributed by atoms with Gasteiger partial charge in [-0.1, -0.05) is 76.8 Å². The van der Waals surface area contributed by atoms with E-state index in [1.165, 1.54) is 56.9 Å². The fourth-order valence-electron chi connectivity index (χ4n) is 3.75. The molecule has 0 radical (unpaired) electrons. The molecule has 0 amide bonds. The normalized spacial score (nSPS) is 22.9. The lowest BCUT2D eigenvalue weighted by Crippen LogP contribution is -2.39. The third kappa shape index (κ3) is 5.47. The highest BCUT2D eigenvalue weighted by molar-refractivity contribution is 5.19. The minimum absolute atomic E-state index is 0.514. The topological polar surface area (TPSA) is 12.0 Å². The smallest absolute Gasteiger partial charge is 0.0322 e. The van der Waals surface area contributed by atoms with Gasteiger partial charge in [0.25, 0.3) is 0 Å². The molecule has 0 aromatic heterocycles. The van der Waals surface area contributed by atoms with E-state index in [0.717, 1.165) is 0 Å². The van der Waals surface area contributed by atoms with Crippen LogP contribution in [0.25, 0.3) is 0 Å². The molecular weight excluding hydrogens is 254 g/mol. The maximum absolute atomic E-state index is 3.99. The lowest BCUT2D eigenvalue weighted by Gasteiger charge is -2.37. The average Bonchev–Trinajstić information content (AvgIpc) is 2.46. The average molecular weight is 287 g/mol. The van der Waals surface area contributed by atoms with E-state index in [1.807, 2.05) is 0 Å². The first kappa shape index (κ1) is 16.5. The lowest BCUT2D eigenvalue weighted by molar-refractivity contribution is 0.186. The minimum atomic E-state index is 0.514. The van der Waals surface area contributed by atoms with Crippen molar-refractivity contribution in [3.05, 3.63) is 35.9 Å². The van der Waals surface area contributed by atoms with Crippen molar-refractivity contribution < 1.29 is 0 Å². The van der Waals surface area contributed by atoms with E-state index in [2.05, 4.69) is 56.4 Å². The first-order valence-electron chi connectivity index (χ1n) is 8.92. The molecule has 21 heavy (non-hydrogen) atoms. The molecule has 1 fully saturated rings. The first-order valence-corrected chi connectivity index (χ1v) is 8.92. The SMILES string of the molecule is CCCCCC(NC1CCCC(C)(C)C1)c1ccccc1. The van der Waals surface area contributed by atoms with E-state index in [-0.39, 0.29) is 0 Å². The summed E-state index contributed by atoms with van der Waals surface area (Å²) in [6.45, 7) is 7.14. The molecule has 118 valence electrons. The number of hydrogen-bond donors (Lipinski definition) is 1. The summed E-state index contributed by atoms with van der Waals surface area (Å²) in [7, 11) is 0. The Morgan fingerprint density at radius 2 is 1.95 bits per heavy atom. The van der Waals surface area contributed by atoms with E-state index >= 15 is 0 Å². The fourth-order valence-corrected chi connectivity index (χ4v) is 3.75. The maximum atomic E-state index is 3.99. The van der Waals surface area contributed by atoms with Crippen molar-refractivity contribution in [2.45, 2.75) is 84.2 Å². The summed E-state index contributed by atoms with van der Waals surface area (Å²) in [4.78, 5) is 0. The summed E-state index contributed by atoms with van der Waals surface area (Å²) in [5, 5.41) is 3.99. The van der Waals surface area contributed by atoms with Gasteiger partial charge in [0.2, 0.25) is 0 Å². The van der Waals surface area contributed by atoms with Crippen molar-refractivity contribution in [3.63, 3.8) is 0 Å². The molecular formula is C20H33N. The number of hydrogen-bond acceptors (Lipinski definition) is 1. The van der Waals surface area contributed by atoms with E-state index in [1.54, 1.807) is 0 Å². The van der Waals surface area contributed by atoms with Gasteiger partial charge in [-0.15, -0.1) is 0 Å². The zero-order valence-electron chi connectivity index (χ0n) is 14.2. The molecule has 2 unspecified atom stereocenters. The van der Waals surface area contributed by atoms with Crippen LogP contribution >= 0.6 is 0 Å². The Balaban J connectivity index is 1.98. The van der Waals surface area contributed by atoms with Crippen molar-refractivity contribution in [1.29, 1.82) is 0 Å². The van der Waals surface area contributed by atoms with Gasteiger partial charge in [-0.25, -0.2) is 0 Å². The van der Waals surface area contributed by atoms with Crippen LogP contribution in [-0.4, -0.2) is 6.04 Å². The Kier molecular flexibility index (Phi) is 6.29. The van der Waals surface area contributed by atoms with E-state index in [4.69, 9.17) is 0 Å². The molecule has 1 nitrogen and oxygen atoms in total. The van der Waals surface area contributed by atoms with Gasteiger partial charge in [-0.3, -0.25) is 0 Å². The molecule has 1 heteroatoms. The van der Waals surface area contributed by atoms with Gasteiger partial charge in [-0.2, -0.15) is 0 Å². The van der Waals surface area contributed by atoms with Crippen LogP contribution in [0.2, 0.25) is 0 Å². The van der Waals surface area contributed by atoms with Gasteiger partial charge in [0, 0.05) is 12.1 Å². The molecule has 1 N–H and O–H groups in total. The van der Waals surface area contributed by atoms with Crippen molar-refractivity contribution in [3.8, 4) is 0 Å². The van der Waals surface area contributed by atoms with Crippen molar-refractivity contribution in [2.75, 3.05) is 0 Å². The maximum Gasteiger partial charge on any atom is 0.0322 e. The van der Waals surface area contributed by atoms with Crippen LogP contribution < -0.4 is 5.32 Å². The van der Waals surface area contributed by atoms with E-state index in [9.17, 15) is 0 Å². The second-order valence-electron chi connectivity index (χ2n) is 7.58.